The van der Waals surface area contributed by atoms with Crippen LogP contribution in [0.25, 0.3) is 10.9 Å². The molecule has 2 aromatic rings. The second kappa shape index (κ2) is 4.38. The second-order valence-electron chi connectivity index (χ2n) is 4.91. The van der Waals surface area contributed by atoms with Gasteiger partial charge in [-0.2, -0.15) is 0 Å². The van der Waals surface area contributed by atoms with E-state index in [1.165, 1.54) is 6.07 Å². The standard InChI is InChI=1S/C14H12ClNO3/c15-9-3-4-10-11(5-9)16(7-8-1-2-8)12(14(18)19)6-13(10)17/h3-6,8H,1-2,7H2,(H,18,19). The van der Waals surface area contributed by atoms with Gasteiger partial charge in [-0.25, -0.2) is 4.79 Å². The second-order valence-corrected chi connectivity index (χ2v) is 5.35. The highest BCUT2D eigenvalue weighted by Crippen LogP contribution is 2.32. The first-order valence-corrected chi connectivity index (χ1v) is 6.50. The van der Waals surface area contributed by atoms with E-state index in [9.17, 15) is 14.7 Å². The number of carbonyl (C=O) groups is 1. The van der Waals surface area contributed by atoms with Crippen molar-refractivity contribution >= 4 is 28.5 Å². The molecule has 0 bridgehead atoms. The number of aromatic carboxylic acids is 1. The molecule has 0 atom stereocenters. The molecule has 0 radical (unpaired) electrons. The summed E-state index contributed by atoms with van der Waals surface area (Å²) in [4.78, 5) is 23.3. The number of hydrogen-bond donors (Lipinski definition) is 1. The van der Waals surface area contributed by atoms with Crippen LogP contribution in [0.5, 0.6) is 0 Å². The van der Waals surface area contributed by atoms with E-state index in [0.29, 0.717) is 28.4 Å². The molecule has 1 aromatic carbocycles. The number of halogens is 1. The van der Waals surface area contributed by atoms with Gasteiger partial charge in [-0.1, -0.05) is 11.6 Å². The molecule has 1 aliphatic rings. The Hall–Kier alpha value is -1.81. The Kier molecular flexibility index (Phi) is 2.82. The van der Waals surface area contributed by atoms with Crippen molar-refractivity contribution in [3.05, 3.63) is 45.2 Å². The first-order valence-electron chi connectivity index (χ1n) is 6.12. The average Bonchev–Trinajstić information content (AvgIpc) is 3.16. The first-order chi connectivity index (χ1) is 9.06. The molecule has 4 nitrogen and oxygen atoms in total. The summed E-state index contributed by atoms with van der Waals surface area (Å²) in [6.45, 7) is 0.624. The number of carboxylic acid groups (broad SMARTS) is 1. The number of hydrogen-bond acceptors (Lipinski definition) is 2. The van der Waals surface area contributed by atoms with Crippen LogP contribution < -0.4 is 5.43 Å². The molecule has 1 N–H and O–H groups in total. The van der Waals surface area contributed by atoms with Gasteiger partial charge in [-0.3, -0.25) is 4.79 Å². The lowest BCUT2D eigenvalue weighted by Gasteiger charge is -2.14. The van der Waals surface area contributed by atoms with Gasteiger partial charge in [0.2, 0.25) is 0 Å². The van der Waals surface area contributed by atoms with Crippen molar-refractivity contribution in [1.82, 2.24) is 4.57 Å². The minimum absolute atomic E-state index is 0.0340. The highest BCUT2D eigenvalue weighted by molar-refractivity contribution is 6.31. The topological polar surface area (TPSA) is 59.3 Å². The molecule has 1 saturated carbocycles. The highest BCUT2D eigenvalue weighted by atomic mass is 35.5. The molecule has 0 aliphatic heterocycles. The molecule has 1 heterocycles. The summed E-state index contributed by atoms with van der Waals surface area (Å²) in [6, 6.07) is 6.15. The van der Waals surface area contributed by atoms with E-state index in [4.69, 9.17) is 11.6 Å². The number of nitrogens with zero attached hydrogens (tertiary/aromatic N) is 1. The third kappa shape index (κ3) is 2.24. The zero-order valence-electron chi connectivity index (χ0n) is 10.1. The van der Waals surface area contributed by atoms with Gasteiger partial charge in [-0.15, -0.1) is 0 Å². The summed E-state index contributed by atoms with van der Waals surface area (Å²) < 4.78 is 1.70. The van der Waals surface area contributed by atoms with E-state index < -0.39 is 5.97 Å². The van der Waals surface area contributed by atoms with Crippen LogP contribution in [0.4, 0.5) is 0 Å². The molecular weight excluding hydrogens is 266 g/mol. The summed E-state index contributed by atoms with van der Waals surface area (Å²) in [5.41, 5.74) is 0.354. The monoisotopic (exact) mass is 277 g/mol. The Morgan fingerprint density at radius 2 is 2.11 bits per heavy atom. The fourth-order valence-electron chi connectivity index (χ4n) is 2.28. The fourth-order valence-corrected chi connectivity index (χ4v) is 2.44. The van der Waals surface area contributed by atoms with E-state index in [1.54, 1.807) is 22.8 Å². The molecule has 0 unspecified atom stereocenters. The third-order valence-electron chi connectivity index (χ3n) is 3.43. The molecule has 0 saturated heterocycles. The summed E-state index contributed by atoms with van der Waals surface area (Å²) in [7, 11) is 0. The number of aromatic nitrogens is 1. The van der Waals surface area contributed by atoms with Gasteiger partial charge in [0.25, 0.3) is 0 Å². The predicted molar refractivity (Wildman–Crippen MR) is 72.9 cm³/mol. The smallest absolute Gasteiger partial charge is 0.352 e. The van der Waals surface area contributed by atoms with Crippen molar-refractivity contribution in [2.75, 3.05) is 0 Å². The quantitative estimate of drug-likeness (QED) is 0.938. The van der Waals surface area contributed by atoms with Crippen LogP contribution in [0, 0.1) is 5.92 Å². The van der Waals surface area contributed by atoms with E-state index in [2.05, 4.69) is 0 Å². The van der Waals surface area contributed by atoms with Crippen molar-refractivity contribution < 1.29 is 9.90 Å². The Bertz CT molecular complexity index is 731. The Labute approximate surface area is 114 Å². The summed E-state index contributed by atoms with van der Waals surface area (Å²) in [5.74, 6) is -0.581. The molecule has 0 spiro atoms. The molecule has 1 aromatic heterocycles. The minimum Gasteiger partial charge on any atom is -0.477 e. The summed E-state index contributed by atoms with van der Waals surface area (Å²) in [6.07, 6.45) is 2.21. The molecular formula is C14H12ClNO3. The van der Waals surface area contributed by atoms with Gasteiger partial charge < -0.3 is 9.67 Å². The van der Waals surface area contributed by atoms with Gasteiger partial charge >= 0.3 is 5.97 Å². The van der Waals surface area contributed by atoms with E-state index in [1.807, 2.05) is 0 Å². The van der Waals surface area contributed by atoms with Gasteiger partial charge in [0.05, 0.1) is 5.52 Å². The minimum atomic E-state index is -1.08. The molecule has 5 heteroatoms. The molecule has 0 amide bonds. The largest absolute Gasteiger partial charge is 0.477 e. The van der Waals surface area contributed by atoms with Crippen molar-refractivity contribution in [3.63, 3.8) is 0 Å². The molecule has 19 heavy (non-hydrogen) atoms. The van der Waals surface area contributed by atoms with E-state index in [-0.39, 0.29) is 11.1 Å². The Morgan fingerprint density at radius 3 is 2.74 bits per heavy atom. The lowest BCUT2D eigenvalue weighted by atomic mass is 10.1. The Morgan fingerprint density at radius 1 is 1.37 bits per heavy atom. The molecule has 1 aliphatic carbocycles. The van der Waals surface area contributed by atoms with Gasteiger partial charge in [0.1, 0.15) is 5.69 Å². The van der Waals surface area contributed by atoms with Gasteiger partial charge in [0.15, 0.2) is 5.43 Å². The van der Waals surface area contributed by atoms with E-state index >= 15 is 0 Å². The van der Waals surface area contributed by atoms with Crippen LogP contribution in [-0.2, 0) is 6.54 Å². The predicted octanol–water partition coefficient (Wildman–Crippen LogP) is 2.76. The van der Waals surface area contributed by atoms with Crippen LogP contribution in [0.2, 0.25) is 5.02 Å². The number of benzene rings is 1. The maximum Gasteiger partial charge on any atom is 0.352 e. The summed E-state index contributed by atoms with van der Waals surface area (Å²) >= 11 is 5.96. The fraction of sp³-hybridized carbons (Fsp3) is 0.286. The normalized spacial score (nSPS) is 14.8. The zero-order valence-corrected chi connectivity index (χ0v) is 10.9. The number of pyridine rings is 1. The first kappa shape index (κ1) is 12.2. The maximum absolute atomic E-state index is 11.9. The molecule has 1 fully saturated rings. The SMILES string of the molecule is O=C(O)c1cc(=O)c2ccc(Cl)cc2n1CC1CC1. The van der Waals surface area contributed by atoms with Crippen molar-refractivity contribution in [3.8, 4) is 0 Å². The number of fused-ring (bicyclic) bond motifs is 1. The van der Waals surface area contributed by atoms with Crippen LogP contribution in [0.1, 0.15) is 23.3 Å². The number of carboxylic acids is 1. The number of rotatable bonds is 3. The van der Waals surface area contributed by atoms with Crippen LogP contribution in [-0.4, -0.2) is 15.6 Å². The Balaban J connectivity index is 2.34. The van der Waals surface area contributed by atoms with Gasteiger partial charge in [-0.05, 0) is 37.0 Å². The molecule has 98 valence electrons. The average molecular weight is 278 g/mol. The lowest BCUT2D eigenvalue weighted by molar-refractivity contribution is 0.0684. The van der Waals surface area contributed by atoms with Crippen molar-refractivity contribution in [2.24, 2.45) is 5.92 Å². The van der Waals surface area contributed by atoms with Crippen molar-refractivity contribution in [2.45, 2.75) is 19.4 Å². The van der Waals surface area contributed by atoms with E-state index in [0.717, 1.165) is 12.8 Å². The van der Waals surface area contributed by atoms with Crippen LogP contribution in [0.15, 0.2) is 29.1 Å². The third-order valence-corrected chi connectivity index (χ3v) is 3.67. The van der Waals surface area contributed by atoms with Gasteiger partial charge in [0, 0.05) is 23.0 Å². The molecule has 3 rings (SSSR count). The van der Waals surface area contributed by atoms with Crippen LogP contribution in [0.3, 0.4) is 0 Å². The zero-order chi connectivity index (χ0) is 13.6. The van der Waals surface area contributed by atoms with Crippen LogP contribution >= 0.6 is 11.6 Å². The van der Waals surface area contributed by atoms with Crippen molar-refractivity contribution in [1.29, 1.82) is 0 Å². The summed E-state index contributed by atoms with van der Waals surface area (Å²) in [5, 5.41) is 10.3. The maximum atomic E-state index is 11.9. The highest BCUT2D eigenvalue weighted by Gasteiger charge is 2.25. The lowest BCUT2D eigenvalue weighted by Crippen LogP contribution is -2.18.